The Kier molecular flexibility index (Phi) is 6.90. The van der Waals surface area contributed by atoms with Crippen molar-refractivity contribution in [3.8, 4) is 17.1 Å². The van der Waals surface area contributed by atoms with Gasteiger partial charge in [-0.05, 0) is 37.3 Å². The highest BCUT2D eigenvalue weighted by atomic mass is 35.5. The van der Waals surface area contributed by atoms with E-state index in [0.29, 0.717) is 16.7 Å². The van der Waals surface area contributed by atoms with Gasteiger partial charge in [0.2, 0.25) is 5.91 Å². The van der Waals surface area contributed by atoms with Crippen LogP contribution in [0.3, 0.4) is 0 Å². The molecular weight excluding hydrogens is 481 g/mol. The Morgan fingerprint density at radius 2 is 1.82 bits per heavy atom. The molecule has 4 aromatic rings. The summed E-state index contributed by atoms with van der Waals surface area (Å²) in [5.41, 5.74) is 1.53. The zero-order valence-corrected chi connectivity index (χ0v) is 19.3. The van der Waals surface area contributed by atoms with Gasteiger partial charge in [-0.15, -0.1) is 10.2 Å². The lowest BCUT2D eigenvalue weighted by Crippen LogP contribution is -2.23. The molecule has 0 radical (unpaired) electrons. The SMILES string of the molecule is CC(Sc1nnc(-c2ccccc2)n1-c1ccc(F)cc1)C(=O)Nc1ccc([N+](=O)[O-])cc1Cl. The molecule has 1 amide bonds. The number of carbonyl (C=O) groups is 1. The standard InChI is InChI=1S/C23H17ClFN5O3S/c1-14(22(31)26-20-12-11-18(30(32)33)13-19(20)24)34-23-28-27-21(15-5-3-2-4-6-15)29(23)17-9-7-16(25)8-10-17/h2-14H,1H3,(H,26,31). The molecule has 1 heterocycles. The fraction of sp³-hybridized carbons (Fsp3) is 0.0870. The number of anilines is 1. The zero-order valence-electron chi connectivity index (χ0n) is 17.7. The van der Waals surface area contributed by atoms with Gasteiger partial charge < -0.3 is 5.32 Å². The molecule has 0 aliphatic heterocycles. The average Bonchev–Trinajstić information content (AvgIpc) is 3.24. The Balaban J connectivity index is 1.61. The van der Waals surface area contributed by atoms with Crippen LogP contribution in [0.25, 0.3) is 17.1 Å². The molecule has 1 N–H and O–H groups in total. The second-order valence-electron chi connectivity index (χ2n) is 7.15. The van der Waals surface area contributed by atoms with Crippen LogP contribution < -0.4 is 5.32 Å². The quantitative estimate of drug-likeness (QED) is 0.198. The molecule has 4 rings (SSSR count). The lowest BCUT2D eigenvalue weighted by atomic mass is 10.2. The third kappa shape index (κ3) is 5.08. The van der Waals surface area contributed by atoms with E-state index in [9.17, 15) is 19.3 Å². The van der Waals surface area contributed by atoms with Gasteiger partial charge in [-0.3, -0.25) is 19.5 Å². The second kappa shape index (κ2) is 10.0. The van der Waals surface area contributed by atoms with Gasteiger partial charge in [0, 0.05) is 23.4 Å². The zero-order chi connectivity index (χ0) is 24.2. The topological polar surface area (TPSA) is 103 Å². The van der Waals surface area contributed by atoms with E-state index >= 15 is 0 Å². The summed E-state index contributed by atoms with van der Waals surface area (Å²) in [6.45, 7) is 1.69. The number of halogens is 2. The minimum atomic E-state index is -0.627. The molecule has 34 heavy (non-hydrogen) atoms. The number of carbonyl (C=O) groups excluding carboxylic acids is 1. The fourth-order valence-corrected chi connectivity index (χ4v) is 4.20. The molecule has 0 spiro atoms. The third-order valence-electron chi connectivity index (χ3n) is 4.82. The predicted octanol–water partition coefficient (Wildman–Crippen LogP) is 5.75. The number of amides is 1. The summed E-state index contributed by atoms with van der Waals surface area (Å²) in [4.78, 5) is 23.1. The third-order valence-corrected chi connectivity index (χ3v) is 6.18. The van der Waals surface area contributed by atoms with E-state index in [1.807, 2.05) is 30.3 Å². The Morgan fingerprint density at radius 1 is 1.12 bits per heavy atom. The lowest BCUT2D eigenvalue weighted by molar-refractivity contribution is -0.384. The maximum atomic E-state index is 13.5. The number of nitro groups is 1. The highest BCUT2D eigenvalue weighted by Gasteiger charge is 2.23. The van der Waals surface area contributed by atoms with Gasteiger partial charge in [0.05, 0.1) is 20.9 Å². The summed E-state index contributed by atoms with van der Waals surface area (Å²) in [6.07, 6.45) is 0. The van der Waals surface area contributed by atoms with Crippen LogP contribution in [0.2, 0.25) is 5.02 Å². The number of non-ortho nitro benzene ring substituents is 1. The smallest absolute Gasteiger partial charge is 0.271 e. The molecule has 172 valence electrons. The van der Waals surface area contributed by atoms with E-state index in [4.69, 9.17) is 11.6 Å². The van der Waals surface area contributed by atoms with Gasteiger partial charge in [-0.2, -0.15) is 0 Å². The van der Waals surface area contributed by atoms with Crippen molar-refractivity contribution in [3.63, 3.8) is 0 Å². The second-order valence-corrected chi connectivity index (χ2v) is 8.87. The molecule has 1 aromatic heterocycles. The largest absolute Gasteiger partial charge is 0.324 e. The van der Waals surface area contributed by atoms with E-state index in [1.54, 1.807) is 23.6 Å². The molecule has 0 fully saturated rings. The van der Waals surface area contributed by atoms with Crippen LogP contribution >= 0.6 is 23.4 Å². The van der Waals surface area contributed by atoms with Crippen molar-refractivity contribution in [3.05, 3.63) is 93.8 Å². The van der Waals surface area contributed by atoms with Crippen molar-refractivity contribution < 1.29 is 14.1 Å². The van der Waals surface area contributed by atoms with Crippen LogP contribution in [0.1, 0.15) is 6.92 Å². The predicted molar refractivity (Wildman–Crippen MR) is 129 cm³/mol. The van der Waals surface area contributed by atoms with Gasteiger partial charge in [0.25, 0.3) is 5.69 Å². The number of aromatic nitrogens is 3. The highest BCUT2D eigenvalue weighted by molar-refractivity contribution is 8.00. The summed E-state index contributed by atoms with van der Waals surface area (Å²) >= 11 is 7.25. The number of rotatable bonds is 7. The van der Waals surface area contributed by atoms with Crippen molar-refractivity contribution >= 4 is 40.6 Å². The van der Waals surface area contributed by atoms with Crippen LogP contribution in [0, 0.1) is 15.9 Å². The maximum absolute atomic E-state index is 13.5. The Hall–Kier alpha value is -3.76. The number of hydrogen-bond acceptors (Lipinski definition) is 6. The van der Waals surface area contributed by atoms with Crippen LogP contribution in [0.5, 0.6) is 0 Å². The summed E-state index contributed by atoms with van der Waals surface area (Å²) in [6, 6.07) is 19.1. The van der Waals surface area contributed by atoms with Gasteiger partial charge in [0.15, 0.2) is 11.0 Å². The van der Waals surface area contributed by atoms with Gasteiger partial charge in [-0.25, -0.2) is 4.39 Å². The molecule has 0 saturated carbocycles. The summed E-state index contributed by atoms with van der Waals surface area (Å²) in [5, 5.41) is 22.0. The summed E-state index contributed by atoms with van der Waals surface area (Å²) in [7, 11) is 0. The summed E-state index contributed by atoms with van der Waals surface area (Å²) in [5.74, 6) is -0.212. The number of nitro benzene ring substituents is 1. The Labute approximate surface area is 202 Å². The van der Waals surface area contributed by atoms with E-state index in [0.717, 1.165) is 17.3 Å². The molecule has 8 nitrogen and oxygen atoms in total. The molecule has 0 aliphatic rings. The fourth-order valence-electron chi connectivity index (χ4n) is 3.11. The first-order chi connectivity index (χ1) is 16.3. The van der Waals surface area contributed by atoms with Crippen molar-refractivity contribution in [2.75, 3.05) is 5.32 Å². The Bertz CT molecular complexity index is 1350. The number of nitrogens with one attached hydrogen (secondary N) is 1. The first-order valence-electron chi connectivity index (χ1n) is 10.0. The normalized spacial score (nSPS) is 11.7. The molecule has 0 saturated heterocycles. The number of thioether (sulfide) groups is 1. The monoisotopic (exact) mass is 497 g/mol. The first kappa shape index (κ1) is 23.4. The average molecular weight is 498 g/mol. The first-order valence-corrected chi connectivity index (χ1v) is 11.3. The molecule has 1 unspecified atom stereocenters. The highest BCUT2D eigenvalue weighted by Crippen LogP contribution is 2.32. The van der Waals surface area contributed by atoms with Crippen molar-refractivity contribution in [2.45, 2.75) is 17.3 Å². The maximum Gasteiger partial charge on any atom is 0.271 e. The number of hydrogen-bond donors (Lipinski definition) is 1. The van der Waals surface area contributed by atoms with Crippen molar-refractivity contribution in [1.29, 1.82) is 0 Å². The van der Waals surface area contributed by atoms with Gasteiger partial charge in [0.1, 0.15) is 5.82 Å². The van der Waals surface area contributed by atoms with Crippen LogP contribution in [-0.2, 0) is 4.79 Å². The molecule has 1 atom stereocenters. The van der Waals surface area contributed by atoms with E-state index in [-0.39, 0.29) is 28.1 Å². The molecular formula is C23H17ClFN5O3S. The van der Waals surface area contributed by atoms with Gasteiger partial charge in [-0.1, -0.05) is 53.7 Å². The van der Waals surface area contributed by atoms with E-state index in [1.165, 1.54) is 30.3 Å². The van der Waals surface area contributed by atoms with Crippen LogP contribution in [0.4, 0.5) is 15.8 Å². The Morgan fingerprint density at radius 3 is 2.47 bits per heavy atom. The minimum absolute atomic E-state index is 0.0561. The van der Waals surface area contributed by atoms with Crippen molar-refractivity contribution in [1.82, 2.24) is 14.8 Å². The van der Waals surface area contributed by atoms with E-state index < -0.39 is 10.2 Å². The van der Waals surface area contributed by atoms with Crippen LogP contribution in [-0.4, -0.2) is 30.8 Å². The van der Waals surface area contributed by atoms with E-state index in [2.05, 4.69) is 15.5 Å². The molecule has 0 bridgehead atoms. The molecule has 0 aliphatic carbocycles. The number of nitrogens with zero attached hydrogens (tertiary/aromatic N) is 4. The number of benzene rings is 3. The van der Waals surface area contributed by atoms with Crippen molar-refractivity contribution in [2.24, 2.45) is 0 Å². The lowest BCUT2D eigenvalue weighted by Gasteiger charge is -2.14. The van der Waals surface area contributed by atoms with Crippen LogP contribution in [0.15, 0.2) is 78.0 Å². The summed E-state index contributed by atoms with van der Waals surface area (Å²) < 4.78 is 15.3. The van der Waals surface area contributed by atoms with Gasteiger partial charge >= 0.3 is 0 Å². The molecule has 3 aromatic carbocycles. The minimum Gasteiger partial charge on any atom is -0.324 e. The molecule has 11 heteroatoms.